The number of aliphatic hydroxyl groups is 4. The Morgan fingerprint density at radius 3 is 2.38 bits per heavy atom. The topological polar surface area (TPSA) is 116 Å². The first-order valence-electron chi connectivity index (χ1n) is 4.54. The van der Waals surface area contributed by atoms with E-state index in [1.54, 1.807) is 0 Å². The van der Waals surface area contributed by atoms with Crippen LogP contribution >= 0.6 is 16.3 Å². The predicted octanol–water partition coefficient (Wildman–Crippen LogP) is -1.93. The van der Waals surface area contributed by atoms with E-state index in [-0.39, 0.29) is 0 Å². The minimum absolute atomic E-state index is 0.629. The molecule has 5 atom stereocenters. The maximum absolute atomic E-state index is 11.4. The van der Waals surface area contributed by atoms with Crippen LogP contribution in [0.4, 0.5) is 0 Å². The first-order valence-corrected chi connectivity index (χ1v) is 5.19. The second-order valence-corrected chi connectivity index (χ2v) is 3.89. The molecule has 8 heteroatoms. The van der Waals surface area contributed by atoms with Gasteiger partial charge in [0.15, 0.2) is 5.78 Å². The van der Waals surface area contributed by atoms with Gasteiger partial charge < -0.3 is 25.2 Å². The van der Waals surface area contributed by atoms with E-state index in [0.29, 0.717) is 0 Å². The van der Waals surface area contributed by atoms with E-state index in [0.717, 1.165) is 6.92 Å². The van der Waals surface area contributed by atoms with E-state index in [9.17, 15) is 20.1 Å². The molecule has 1 saturated heterocycles. The van der Waals surface area contributed by atoms with Crippen molar-refractivity contribution >= 4 is 22.0 Å². The van der Waals surface area contributed by atoms with Crippen LogP contribution in [0.3, 0.4) is 0 Å². The number of ether oxygens (including phenoxy) is 1. The number of ketones is 1. The highest BCUT2D eigenvalue weighted by molar-refractivity contribution is 9.06. The zero-order chi connectivity index (χ0) is 12.5. The fraction of sp³-hybridized carbons (Fsp3) is 0.875. The highest BCUT2D eigenvalue weighted by Crippen LogP contribution is 2.33. The van der Waals surface area contributed by atoms with Crippen molar-refractivity contribution in [3.63, 3.8) is 0 Å². The molecule has 16 heavy (non-hydrogen) atoms. The molecule has 0 spiro atoms. The lowest BCUT2D eigenvalue weighted by atomic mass is 9.90. The Kier molecular flexibility index (Phi) is 4.41. The average molecular weight is 301 g/mol. The highest BCUT2D eigenvalue weighted by Gasteiger charge is 2.57. The summed E-state index contributed by atoms with van der Waals surface area (Å²) < 4.78 is 9.61. The van der Waals surface area contributed by atoms with Crippen molar-refractivity contribution in [2.45, 2.75) is 37.1 Å². The summed E-state index contributed by atoms with van der Waals surface area (Å²) in [4.78, 5) is 11.4. The molecule has 0 aromatic carbocycles. The molecular formula is C8H13BrO7. The van der Waals surface area contributed by atoms with Gasteiger partial charge in [0.1, 0.15) is 40.7 Å². The van der Waals surface area contributed by atoms with Crippen LogP contribution < -0.4 is 0 Å². The minimum Gasteiger partial charge on any atom is -0.394 e. The Morgan fingerprint density at radius 1 is 1.44 bits per heavy atom. The molecule has 94 valence electrons. The Labute approximate surface area is 100 Å². The molecule has 5 unspecified atom stereocenters. The maximum atomic E-state index is 11.4. The number of aliphatic hydroxyl groups excluding tert-OH is 4. The first kappa shape index (κ1) is 14.0. The quantitative estimate of drug-likeness (QED) is 0.480. The number of halogens is 1. The first-order chi connectivity index (χ1) is 7.40. The number of hydrogen-bond acceptors (Lipinski definition) is 7. The monoisotopic (exact) mass is 300 g/mol. The van der Waals surface area contributed by atoms with E-state index in [1.807, 2.05) is 0 Å². The van der Waals surface area contributed by atoms with Gasteiger partial charge in [0, 0.05) is 6.92 Å². The lowest BCUT2D eigenvalue weighted by Crippen LogP contribution is -2.67. The molecular weight excluding hydrogens is 288 g/mol. The van der Waals surface area contributed by atoms with Crippen LogP contribution in [-0.4, -0.2) is 63.0 Å². The highest BCUT2D eigenvalue weighted by atomic mass is 79.9. The van der Waals surface area contributed by atoms with Crippen molar-refractivity contribution < 1.29 is 33.8 Å². The smallest absolute Gasteiger partial charge is 0.269 e. The molecule has 1 aliphatic rings. The third-order valence-electron chi connectivity index (χ3n) is 2.56. The molecule has 0 saturated carbocycles. The predicted molar refractivity (Wildman–Crippen MR) is 53.4 cm³/mol. The van der Waals surface area contributed by atoms with E-state index in [2.05, 4.69) is 20.1 Å². The van der Waals surface area contributed by atoms with Gasteiger partial charge >= 0.3 is 0 Å². The molecule has 0 amide bonds. The fourth-order valence-electron chi connectivity index (χ4n) is 1.55. The summed E-state index contributed by atoms with van der Waals surface area (Å²) in [6.07, 6.45) is -6.15. The van der Waals surface area contributed by atoms with Crippen molar-refractivity contribution in [1.82, 2.24) is 0 Å². The molecule has 4 N–H and O–H groups in total. The van der Waals surface area contributed by atoms with Crippen LogP contribution in [0.5, 0.6) is 0 Å². The Balaban J connectivity index is 3.06. The normalized spacial score (nSPS) is 44.4. The molecule has 0 bridgehead atoms. The van der Waals surface area contributed by atoms with Crippen molar-refractivity contribution in [2.24, 2.45) is 0 Å². The van der Waals surface area contributed by atoms with Gasteiger partial charge in [-0.1, -0.05) is 0 Å². The standard InChI is InChI=1S/C8H13BrO7/c1-3(11)8(16-9)7(14)6(13)5(12)4(2-10)15-8/h4-7,10,12-14H,2H2,1H3. The van der Waals surface area contributed by atoms with Crippen LogP contribution in [0.25, 0.3) is 0 Å². The number of rotatable bonds is 3. The summed E-state index contributed by atoms with van der Waals surface area (Å²) in [6.45, 7) is 0.458. The molecule has 0 aromatic rings. The SMILES string of the molecule is CC(=O)C1(OBr)OC(CO)C(O)C(O)C1O. The number of carbonyl (C=O) groups excluding carboxylic acids is 1. The summed E-state index contributed by atoms with van der Waals surface area (Å²) in [7, 11) is 0. The van der Waals surface area contributed by atoms with Crippen molar-refractivity contribution in [3.8, 4) is 0 Å². The fourth-order valence-corrected chi connectivity index (χ4v) is 2.05. The average Bonchev–Trinajstić information content (AvgIpc) is 2.27. The summed E-state index contributed by atoms with van der Waals surface area (Å²) in [5, 5.41) is 37.5. The minimum atomic E-state index is -2.13. The summed E-state index contributed by atoms with van der Waals surface area (Å²) >= 11 is 2.53. The van der Waals surface area contributed by atoms with E-state index >= 15 is 0 Å². The third-order valence-corrected chi connectivity index (χ3v) is 3.04. The lowest BCUT2D eigenvalue weighted by molar-refractivity contribution is -0.314. The number of carbonyl (C=O) groups is 1. The number of hydrogen-bond donors (Lipinski definition) is 4. The van der Waals surface area contributed by atoms with Crippen LogP contribution in [0, 0.1) is 0 Å². The molecule has 1 aliphatic heterocycles. The van der Waals surface area contributed by atoms with E-state index in [4.69, 9.17) is 9.84 Å². The van der Waals surface area contributed by atoms with Gasteiger partial charge in [0.05, 0.1) is 6.61 Å². The second kappa shape index (κ2) is 5.05. The largest absolute Gasteiger partial charge is 0.394 e. The van der Waals surface area contributed by atoms with Gasteiger partial charge in [-0.15, -0.1) is 0 Å². The lowest BCUT2D eigenvalue weighted by Gasteiger charge is -2.45. The second-order valence-electron chi connectivity index (χ2n) is 3.57. The van der Waals surface area contributed by atoms with Crippen LogP contribution in [0.1, 0.15) is 6.92 Å². The summed E-state index contributed by atoms with van der Waals surface area (Å²) in [5.74, 6) is -2.84. The van der Waals surface area contributed by atoms with Crippen LogP contribution in [0.15, 0.2) is 0 Å². The van der Waals surface area contributed by atoms with Gasteiger partial charge in [0.2, 0.25) is 0 Å². The van der Waals surface area contributed by atoms with Crippen molar-refractivity contribution in [2.75, 3.05) is 6.61 Å². The molecule has 7 nitrogen and oxygen atoms in total. The summed E-state index contributed by atoms with van der Waals surface area (Å²) in [6, 6.07) is 0. The molecule has 1 fully saturated rings. The Bertz CT molecular complexity index is 271. The Hall–Kier alpha value is -0.0900. The number of Topliss-reactive ketones (excluding diaryl/α,β-unsaturated/α-hetero) is 1. The third kappa shape index (κ3) is 2.02. The molecule has 0 radical (unpaired) electrons. The molecule has 1 heterocycles. The van der Waals surface area contributed by atoms with Crippen molar-refractivity contribution in [3.05, 3.63) is 0 Å². The molecule has 0 aromatic heterocycles. The van der Waals surface area contributed by atoms with Crippen LogP contribution in [-0.2, 0) is 13.4 Å². The van der Waals surface area contributed by atoms with Gasteiger partial charge in [-0.25, -0.2) is 0 Å². The molecule has 1 rings (SSSR count). The zero-order valence-corrected chi connectivity index (χ0v) is 9.99. The van der Waals surface area contributed by atoms with Gasteiger partial charge in [0.25, 0.3) is 5.79 Å². The molecule has 0 aliphatic carbocycles. The summed E-state index contributed by atoms with van der Waals surface area (Å²) in [5.41, 5.74) is 0. The zero-order valence-electron chi connectivity index (χ0n) is 8.41. The van der Waals surface area contributed by atoms with E-state index in [1.165, 1.54) is 0 Å². The van der Waals surface area contributed by atoms with E-state index < -0.39 is 42.6 Å². The van der Waals surface area contributed by atoms with Gasteiger partial charge in [-0.3, -0.25) is 8.62 Å². The van der Waals surface area contributed by atoms with Crippen LogP contribution in [0.2, 0.25) is 0 Å². The maximum Gasteiger partial charge on any atom is 0.269 e. The van der Waals surface area contributed by atoms with Crippen molar-refractivity contribution in [1.29, 1.82) is 0 Å². The Morgan fingerprint density at radius 2 is 2.00 bits per heavy atom. The van der Waals surface area contributed by atoms with Gasteiger partial charge in [-0.2, -0.15) is 0 Å². The van der Waals surface area contributed by atoms with Gasteiger partial charge in [-0.05, 0) is 0 Å².